The van der Waals surface area contributed by atoms with Gasteiger partial charge in [0.15, 0.2) is 11.5 Å². The molecule has 19 heavy (non-hydrogen) atoms. The van der Waals surface area contributed by atoms with Crippen LogP contribution in [0.4, 0.5) is 0 Å². The van der Waals surface area contributed by atoms with Gasteiger partial charge in [-0.2, -0.15) is 0 Å². The maximum atomic E-state index is 12.1. The Labute approximate surface area is 111 Å². The summed E-state index contributed by atoms with van der Waals surface area (Å²) in [5, 5.41) is 14.3. The third-order valence-corrected chi connectivity index (χ3v) is 3.66. The number of pyridine rings is 1. The average Bonchev–Trinajstić information content (AvgIpc) is 3.02. The number of rotatable bonds is 3. The molecule has 1 amide bonds. The molecule has 0 aromatic carbocycles. The molecule has 1 aliphatic rings. The first-order valence-corrected chi connectivity index (χ1v) is 6.53. The second kappa shape index (κ2) is 4.97. The van der Waals surface area contributed by atoms with E-state index in [1.54, 1.807) is 0 Å². The van der Waals surface area contributed by atoms with Crippen molar-refractivity contribution in [2.75, 3.05) is 13.1 Å². The SMILES string of the molecule is CC1CNCC1C(=O)NCc1nnc2ccccn12. The first-order chi connectivity index (χ1) is 9.25. The van der Waals surface area contributed by atoms with Gasteiger partial charge in [-0.05, 0) is 24.6 Å². The predicted molar refractivity (Wildman–Crippen MR) is 70.4 cm³/mol. The highest BCUT2D eigenvalue weighted by molar-refractivity contribution is 5.79. The fraction of sp³-hybridized carbons (Fsp3) is 0.462. The van der Waals surface area contributed by atoms with Gasteiger partial charge in [-0.25, -0.2) is 0 Å². The molecule has 100 valence electrons. The van der Waals surface area contributed by atoms with Gasteiger partial charge in [0.05, 0.1) is 12.5 Å². The van der Waals surface area contributed by atoms with Crippen molar-refractivity contribution in [3.63, 3.8) is 0 Å². The Bertz CT molecular complexity index is 593. The summed E-state index contributed by atoms with van der Waals surface area (Å²) >= 11 is 0. The molecule has 6 heteroatoms. The second-order valence-corrected chi connectivity index (χ2v) is 5.00. The molecule has 0 radical (unpaired) electrons. The van der Waals surface area contributed by atoms with Crippen molar-refractivity contribution in [2.24, 2.45) is 11.8 Å². The number of nitrogens with one attached hydrogen (secondary N) is 2. The highest BCUT2D eigenvalue weighted by atomic mass is 16.1. The number of carbonyl (C=O) groups is 1. The number of hydrogen-bond donors (Lipinski definition) is 2. The van der Waals surface area contributed by atoms with Crippen molar-refractivity contribution in [1.29, 1.82) is 0 Å². The zero-order chi connectivity index (χ0) is 13.2. The molecule has 1 saturated heterocycles. The maximum absolute atomic E-state index is 12.1. The Hall–Kier alpha value is -1.95. The van der Waals surface area contributed by atoms with Gasteiger partial charge in [0.2, 0.25) is 5.91 Å². The summed E-state index contributed by atoms with van der Waals surface area (Å²) in [4.78, 5) is 12.1. The van der Waals surface area contributed by atoms with Crippen LogP contribution in [0.2, 0.25) is 0 Å². The third-order valence-electron chi connectivity index (χ3n) is 3.66. The minimum Gasteiger partial charge on any atom is -0.348 e. The fourth-order valence-electron chi connectivity index (χ4n) is 2.47. The zero-order valence-electron chi connectivity index (χ0n) is 10.8. The number of hydrogen-bond acceptors (Lipinski definition) is 4. The summed E-state index contributed by atoms with van der Waals surface area (Å²) in [6.07, 6.45) is 1.90. The molecule has 0 spiro atoms. The maximum Gasteiger partial charge on any atom is 0.225 e. The predicted octanol–water partition coefficient (Wildman–Crippen LogP) is 0.201. The lowest BCUT2D eigenvalue weighted by Crippen LogP contribution is -2.34. The molecule has 3 heterocycles. The van der Waals surface area contributed by atoms with Crippen LogP contribution in [0.15, 0.2) is 24.4 Å². The number of aromatic nitrogens is 3. The minimum atomic E-state index is 0.0548. The van der Waals surface area contributed by atoms with E-state index >= 15 is 0 Å². The number of amides is 1. The standard InChI is InChI=1S/C13H17N5O/c1-9-6-14-7-10(9)13(19)15-8-12-17-16-11-4-2-3-5-18(11)12/h2-5,9-10,14H,6-8H2,1H3,(H,15,19). The lowest BCUT2D eigenvalue weighted by atomic mass is 9.97. The molecule has 2 aromatic rings. The average molecular weight is 259 g/mol. The third kappa shape index (κ3) is 2.31. The Kier molecular flexibility index (Phi) is 3.16. The van der Waals surface area contributed by atoms with E-state index < -0.39 is 0 Å². The van der Waals surface area contributed by atoms with Crippen molar-refractivity contribution < 1.29 is 4.79 Å². The molecule has 2 atom stereocenters. The monoisotopic (exact) mass is 259 g/mol. The van der Waals surface area contributed by atoms with Crippen LogP contribution >= 0.6 is 0 Å². The van der Waals surface area contributed by atoms with E-state index in [-0.39, 0.29) is 11.8 Å². The van der Waals surface area contributed by atoms with E-state index in [9.17, 15) is 4.79 Å². The first kappa shape index (κ1) is 12.1. The van der Waals surface area contributed by atoms with Crippen LogP contribution < -0.4 is 10.6 Å². The van der Waals surface area contributed by atoms with Gasteiger partial charge in [0, 0.05) is 12.7 Å². The van der Waals surface area contributed by atoms with Gasteiger partial charge in [-0.3, -0.25) is 9.20 Å². The highest BCUT2D eigenvalue weighted by Gasteiger charge is 2.29. The van der Waals surface area contributed by atoms with Crippen LogP contribution in [0.3, 0.4) is 0 Å². The molecule has 0 aliphatic carbocycles. The molecule has 0 saturated carbocycles. The minimum absolute atomic E-state index is 0.0548. The number of carbonyl (C=O) groups excluding carboxylic acids is 1. The van der Waals surface area contributed by atoms with Crippen molar-refractivity contribution in [3.05, 3.63) is 30.2 Å². The van der Waals surface area contributed by atoms with Crippen molar-refractivity contribution in [2.45, 2.75) is 13.5 Å². The smallest absolute Gasteiger partial charge is 0.225 e. The van der Waals surface area contributed by atoms with E-state index in [1.165, 1.54) is 0 Å². The van der Waals surface area contributed by atoms with Crippen molar-refractivity contribution in [1.82, 2.24) is 25.2 Å². The van der Waals surface area contributed by atoms with Crippen molar-refractivity contribution in [3.8, 4) is 0 Å². The topological polar surface area (TPSA) is 71.3 Å². The van der Waals surface area contributed by atoms with Gasteiger partial charge < -0.3 is 10.6 Å². The van der Waals surface area contributed by atoms with Gasteiger partial charge in [-0.15, -0.1) is 10.2 Å². The Morgan fingerprint density at radius 2 is 2.37 bits per heavy atom. The summed E-state index contributed by atoms with van der Waals surface area (Å²) in [6.45, 7) is 4.17. The van der Waals surface area contributed by atoms with Crippen LogP contribution in [0.25, 0.3) is 5.65 Å². The molecule has 6 nitrogen and oxygen atoms in total. The lowest BCUT2D eigenvalue weighted by Gasteiger charge is -2.13. The first-order valence-electron chi connectivity index (χ1n) is 6.53. The van der Waals surface area contributed by atoms with Crippen LogP contribution in [0.5, 0.6) is 0 Å². The lowest BCUT2D eigenvalue weighted by molar-refractivity contribution is -0.125. The molecule has 0 bridgehead atoms. The Morgan fingerprint density at radius 1 is 1.47 bits per heavy atom. The molecule has 2 N–H and O–H groups in total. The van der Waals surface area contributed by atoms with Crippen LogP contribution in [-0.2, 0) is 11.3 Å². The van der Waals surface area contributed by atoms with E-state index in [0.717, 1.165) is 24.6 Å². The van der Waals surface area contributed by atoms with Gasteiger partial charge in [0.25, 0.3) is 0 Å². The fourth-order valence-corrected chi connectivity index (χ4v) is 2.47. The van der Waals surface area contributed by atoms with E-state index in [4.69, 9.17) is 0 Å². The van der Waals surface area contributed by atoms with Crippen molar-refractivity contribution >= 4 is 11.6 Å². The van der Waals surface area contributed by atoms with Gasteiger partial charge in [0.1, 0.15) is 0 Å². The largest absolute Gasteiger partial charge is 0.348 e. The molecule has 1 fully saturated rings. The van der Waals surface area contributed by atoms with Crippen LogP contribution in [-0.4, -0.2) is 33.6 Å². The van der Waals surface area contributed by atoms with Crippen LogP contribution in [0, 0.1) is 11.8 Å². The van der Waals surface area contributed by atoms with Gasteiger partial charge >= 0.3 is 0 Å². The molecule has 2 unspecified atom stereocenters. The zero-order valence-corrected chi connectivity index (χ0v) is 10.8. The summed E-state index contributed by atoms with van der Waals surface area (Å²) in [6, 6.07) is 5.73. The molecule has 3 rings (SSSR count). The highest BCUT2D eigenvalue weighted by Crippen LogP contribution is 2.15. The van der Waals surface area contributed by atoms with Crippen LogP contribution in [0.1, 0.15) is 12.7 Å². The number of nitrogens with zero attached hydrogens (tertiary/aromatic N) is 3. The molecule has 1 aliphatic heterocycles. The summed E-state index contributed by atoms with van der Waals surface area (Å²) in [7, 11) is 0. The normalized spacial score (nSPS) is 22.8. The molecular formula is C13H17N5O. The molecular weight excluding hydrogens is 242 g/mol. The van der Waals surface area contributed by atoms with E-state index in [1.807, 2.05) is 28.8 Å². The summed E-state index contributed by atoms with van der Waals surface area (Å²) in [5.41, 5.74) is 0.794. The van der Waals surface area contributed by atoms with E-state index in [0.29, 0.717) is 12.5 Å². The molecule has 2 aromatic heterocycles. The second-order valence-electron chi connectivity index (χ2n) is 5.00. The number of fused-ring (bicyclic) bond motifs is 1. The quantitative estimate of drug-likeness (QED) is 0.826. The Balaban J connectivity index is 1.67. The Morgan fingerprint density at radius 3 is 3.16 bits per heavy atom. The summed E-state index contributed by atoms with van der Waals surface area (Å²) < 4.78 is 1.89. The van der Waals surface area contributed by atoms with Gasteiger partial charge in [-0.1, -0.05) is 13.0 Å². The van der Waals surface area contributed by atoms with E-state index in [2.05, 4.69) is 27.8 Å². The summed E-state index contributed by atoms with van der Waals surface area (Å²) in [5.74, 6) is 1.28.